The number of esters is 1. The fourth-order valence-corrected chi connectivity index (χ4v) is 4.54. The number of carbonyl (C=O) groups excluding carboxylic acids is 3. The van der Waals surface area contributed by atoms with Crippen LogP contribution < -0.4 is 15.8 Å². The van der Waals surface area contributed by atoms with Crippen LogP contribution in [0.15, 0.2) is 53.3 Å². The van der Waals surface area contributed by atoms with Crippen LogP contribution in [0.4, 0.5) is 5.69 Å². The number of aromatic nitrogens is 2. The van der Waals surface area contributed by atoms with Crippen LogP contribution in [0.5, 0.6) is 0 Å². The predicted octanol–water partition coefficient (Wildman–Crippen LogP) is 1.99. The van der Waals surface area contributed by atoms with Gasteiger partial charge in [-0.3, -0.25) is 24.1 Å². The number of ketones is 1. The zero-order valence-corrected chi connectivity index (χ0v) is 21.8. The Hall–Kier alpha value is -4.05. The van der Waals surface area contributed by atoms with Crippen molar-refractivity contribution >= 4 is 34.1 Å². The first-order valence-corrected chi connectivity index (χ1v) is 12.8. The zero-order valence-electron chi connectivity index (χ0n) is 21.8. The first-order chi connectivity index (χ1) is 18.4. The van der Waals surface area contributed by atoms with Gasteiger partial charge < -0.3 is 15.0 Å². The molecule has 1 aliphatic rings. The van der Waals surface area contributed by atoms with Crippen molar-refractivity contribution in [1.82, 2.24) is 20.0 Å². The number of piperazine rings is 1. The number of nitrogens with zero attached hydrogens (tertiary/aromatic N) is 4. The first-order valence-electron chi connectivity index (χ1n) is 12.8. The van der Waals surface area contributed by atoms with Crippen molar-refractivity contribution in [3.05, 3.63) is 70.1 Å². The van der Waals surface area contributed by atoms with Crippen LogP contribution in [0.3, 0.4) is 0 Å². The van der Waals surface area contributed by atoms with Crippen molar-refractivity contribution in [3.8, 4) is 0 Å². The van der Waals surface area contributed by atoms with Gasteiger partial charge in [-0.25, -0.2) is 4.68 Å². The van der Waals surface area contributed by atoms with Gasteiger partial charge in [-0.2, -0.15) is 5.10 Å². The maximum absolute atomic E-state index is 12.9. The van der Waals surface area contributed by atoms with E-state index in [0.717, 1.165) is 31.9 Å². The number of carbonyl (C=O) groups is 3. The van der Waals surface area contributed by atoms with Crippen LogP contribution in [0.25, 0.3) is 10.8 Å². The number of ether oxygens (including phenoxy) is 1. The second-order valence-corrected chi connectivity index (χ2v) is 9.22. The van der Waals surface area contributed by atoms with Gasteiger partial charge in [-0.05, 0) is 44.2 Å². The Morgan fingerprint density at radius 3 is 2.32 bits per heavy atom. The van der Waals surface area contributed by atoms with Crippen LogP contribution in [-0.2, 0) is 27.4 Å². The fourth-order valence-electron chi connectivity index (χ4n) is 4.54. The Kier molecular flexibility index (Phi) is 8.85. The van der Waals surface area contributed by atoms with Gasteiger partial charge in [0.2, 0.25) is 5.91 Å². The van der Waals surface area contributed by atoms with Crippen LogP contribution in [0, 0.1) is 0 Å². The third kappa shape index (κ3) is 6.63. The summed E-state index contributed by atoms with van der Waals surface area (Å²) in [6.07, 6.45) is 0.237. The molecule has 1 fully saturated rings. The van der Waals surface area contributed by atoms with E-state index >= 15 is 0 Å². The highest BCUT2D eigenvalue weighted by atomic mass is 16.5. The molecule has 10 nitrogen and oxygen atoms in total. The van der Waals surface area contributed by atoms with E-state index in [0.29, 0.717) is 35.0 Å². The fraction of sp³-hybridized carbons (Fsp3) is 0.393. The SMILES string of the molecule is CCOC(=O)Cc1nn(CNC(=O)CCN2CCN(c3ccc(C(C)=O)cc3)CC2)c(=O)c2ccccc12. The molecule has 0 saturated carbocycles. The van der Waals surface area contributed by atoms with Gasteiger partial charge in [0, 0.05) is 55.8 Å². The van der Waals surface area contributed by atoms with Gasteiger partial charge in [0.1, 0.15) is 6.67 Å². The summed E-state index contributed by atoms with van der Waals surface area (Å²) in [5, 5.41) is 8.16. The lowest BCUT2D eigenvalue weighted by Crippen LogP contribution is -2.47. The monoisotopic (exact) mass is 519 g/mol. The van der Waals surface area contributed by atoms with Crippen LogP contribution in [-0.4, -0.2) is 71.7 Å². The Bertz CT molecular complexity index is 1360. The number of anilines is 1. The molecule has 1 saturated heterocycles. The molecule has 10 heteroatoms. The second kappa shape index (κ2) is 12.5. The minimum absolute atomic E-state index is 0.0537. The average Bonchev–Trinajstić information content (AvgIpc) is 2.93. The zero-order chi connectivity index (χ0) is 27.1. The molecule has 1 N–H and O–H groups in total. The van der Waals surface area contributed by atoms with E-state index in [2.05, 4.69) is 20.2 Å². The number of rotatable bonds is 10. The topological polar surface area (TPSA) is 114 Å². The molecule has 1 amide bonds. The lowest BCUT2D eigenvalue weighted by Gasteiger charge is -2.36. The number of nitrogens with one attached hydrogen (secondary N) is 1. The molecule has 0 bridgehead atoms. The minimum Gasteiger partial charge on any atom is -0.466 e. The second-order valence-electron chi connectivity index (χ2n) is 9.22. The highest BCUT2D eigenvalue weighted by Crippen LogP contribution is 2.18. The lowest BCUT2D eigenvalue weighted by atomic mass is 10.1. The number of fused-ring (bicyclic) bond motifs is 1. The maximum Gasteiger partial charge on any atom is 0.311 e. The summed E-state index contributed by atoms with van der Waals surface area (Å²) in [5.74, 6) is -0.549. The predicted molar refractivity (Wildman–Crippen MR) is 144 cm³/mol. The van der Waals surface area contributed by atoms with Gasteiger partial charge in [0.05, 0.1) is 24.1 Å². The number of Topliss-reactive ketones (excluding diaryl/α,β-unsaturated/α-hetero) is 1. The third-order valence-electron chi connectivity index (χ3n) is 6.65. The molecule has 3 aromatic rings. The largest absolute Gasteiger partial charge is 0.466 e. The molecule has 2 aromatic carbocycles. The van der Waals surface area contributed by atoms with E-state index in [4.69, 9.17) is 4.74 Å². The molecule has 0 spiro atoms. The van der Waals surface area contributed by atoms with Gasteiger partial charge in [-0.15, -0.1) is 0 Å². The Labute approximate surface area is 221 Å². The van der Waals surface area contributed by atoms with Crippen molar-refractivity contribution in [3.63, 3.8) is 0 Å². The Balaban J connectivity index is 1.29. The van der Waals surface area contributed by atoms with E-state index < -0.39 is 5.97 Å². The van der Waals surface area contributed by atoms with Crippen molar-refractivity contribution in [2.45, 2.75) is 33.4 Å². The number of amides is 1. The van der Waals surface area contributed by atoms with E-state index in [1.165, 1.54) is 4.68 Å². The standard InChI is InChI=1S/C28H33N5O5/c1-3-38-27(36)18-25-23-6-4-5-7-24(23)28(37)33(30-25)19-29-26(35)12-13-31-14-16-32(17-15-31)22-10-8-21(9-11-22)20(2)34/h4-11H,3,12-19H2,1-2H3,(H,29,35). The van der Waals surface area contributed by atoms with Gasteiger partial charge in [0.25, 0.3) is 5.56 Å². The summed E-state index contributed by atoms with van der Waals surface area (Å²) in [4.78, 5) is 53.5. The quantitative estimate of drug-likeness (QED) is 0.320. The molecule has 0 atom stereocenters. The van der Waals surface area contributed by atoms with Crippen LogP contribution in [0.1, 0.15) is 36.3 Å². The number of benzene rings is 2. The molecule has 1 aromatic heterocycles. The summed E-state index contributed by atoms with van der Waals surface area (Å²) < 4.78 is 6.23. The van der Waals surface area contributed by atoms with Crippen molar-refractivity contribution in [2.75, 3.05) is 44.2 Å². The summed E-state index contributed by atoms with van der Waals surface area (Å²) in [6.45, 7) is 7.39. The lowest BCUT2D eigenvalue weighted by molar-refractivity contribution is -0.142. The number of hydrogen-bond donors (Lipinski definition) is 1. The highest BCUT2D eigenvalue weighted by Gasteiger charge is 2.19. The first kappa shape index (κ1) is 27.0. The van der Waals surface area contributed by atoms with Crippen molar-refractivity contribution in [1.29, 1.82) is 0 Å². The molecule has 2 heterocycles. The van der Waals surface area contributed by atoms with Gasteiger partial charge >= 0.3 is 5.97 Å². The minimum atomic E-state index is -0.424. The van der Waals surface area contributed by atoms with Crippen molar-refractivity contribution in [2.24, 2.45) is 0 Å². The summed E-state index contributed by atoms with van der Waals surface area (Å²) >= 11 is 0. The molecule has 0 unspecified atom stereocenters. The molecule has 0 aliphatic carbocycles. The van der Waals surface area contributed by atoms with E-state index in [9.17, 15) is 19.2 Å². The van der Waals surface area contributed by atoms with Gasteiger partial charge in [0.15, 0.2) is 5.78 Å². The highest BCUT2D eigenvalue weighted by molar-refractivity contribution is 5.94. The van der Waals surface area contributed by atoms with Crippen molar-refractivity contribution < 1.29 is 19.1 Å². The summed E-state index contributed by atoms with van der Waals surface area (Å²) in [5.41, 5.74) is 1.89. The normalized spacial score (nSPS) is 13.9. The smallest absolute Gasteiger partial charge is 0.311 e. The molecule has 200 valence electrons. The van der Waals surface area contributed by atoms with E-state index in [1.807, 2.05) is 24.3 Å². The Morgan fingerprint density at radius 1 is 0.974 bits per heavy atom. The van der Waals surface area contributed by atoms with Gasteiger partial charge in [-0.1, -0.05) is 18.2 Å². The van der Waals surface area contributed by atoms with E-state index in [-0.39, 0.29) is 36.9 Å². The third-order valence-corrected chi connectivity index (χ3v) is 6.65. The molecular formula is C28H33N5O5. The van der Waals surface area contributed by atoms with Crippen LogP contribution >= 0.6 is 0 Å². The summed E-state index contributed by atoms with van der Waals surface area (Å²) in [7, 11) is 0. The molecular weight excluding hydrogens is 486 g/mol. The Morgan fingerprint density at radius 2 is 1.66 bits per heavy atom. The van der Waals surface area contributed by atoms with Crippen LogP contribution in [0.2, 0.25) is 0 Å². The molecule has 1 aliphatic heterocycles. The average molecular weight is 520 g/mol. The van der Waals surface area contributed by atoms with E-state index in [1.54, 1.807) is 38.1 Å². The molecule has 0 radical (unpaired) electrons. The molecule has 38 heavy (non-hydrogen) atoms. The summed E-state index contributed by atoms with van der Waals surface area (Å²) in [6, 6.07) is 14.6. The number of hydrogen-bond acceptors (Lipinski definition) is 8. The molecule has 4 rings (SSSR count). The maximum atomic E-state index is 12.9.